The highest BCUT2D eigenvalue weighted by Gasteiger charge is 2.10. The van der Waals surface area contributed by atoms with Crippen LogP contribution in [0.25, 0.3) is 0 Å². The molecule has 0 aliphatic heterocycles. The number of hydrogen-bond acceptors (Lipinski definition) is 6. The van der Waals surface area contributed by atoms with E-state index >= 15 is 0 Å². The molecule has 0 bridgehead atoms. The molecule has 2 rings (SSSR count). The molecule has 1 N–H and O–H groups in total. The number of aromatic hydroxyl groups is 1. The fraction of sp³-hybridized carbons (Fsp3) is 0.176. The van der Waals surface area contributed by atoms with E-state index in [1.54, 1.807) is 0 Å². The zero-order chi connectivity index (χ0) is 19.0. The van der Waals surface area contributed by atoms with Crippen LogP contribution in [0.4, 0.5) is 8.78 Å². The quantitative estimate of drug-likeness (QED) is 0.831. The maximum Gasteiger partial charge on any atom is 0.163 e. The van der Waals surface area contributed by atoms with Crippen LogP contribution in [0.5, 0.6) is 23.0 Å². The van der Waals surface area contributed by atoms with Crippen molar-refractivity contribution in [1.82, 2.24) is 0 Å². The Kier molecular flexibility index (Phi) is 7.33. The molecule has 0 saturated heterocycles. The number of phenolic OH excluding ortho intramolecular Hbond substituents is 1. The first-order valence-corrected chi connectivity index (χ1v) is 6.80. The summed E-state index contributed by atoms with van der Waals surface area (Å²) in [6.45, 7) is 0. The zero-order valence-electron chi connectivity index (χ0n) is 13.7. The van der Waals surface area contributed by atoms with Crippen molar-refractivity contribution in [3.8, 4) is 23.0 Å². The lowest BCUT2D eigenvalue weighted by Crippen LogP contribution is -1.95. The van der Waals surface area contributed by atoms with E-state index in [-0.39, 0.29) is 28.4 Å². The van der Waals surface area contributed by atoms with Gasteiger partial charge in [-0.15, -0.1) is 0 Å². The number of aldehydes is 2. The number of halogens is 2. The summed E-state index contributed by atoms with van der Waals surface area (Å²) in [6.07, 6.45) is 0.786. The fourth-order valence-corrected chi connectivity index (χ4v) is 1.77. The van der Waals surface area contributed by atoms with E-state index in [0.717, 1.165) is 18.2 Å². The summed E-state index contributed by atoms with van der Waals surface area (Å²) in [6, 6.07) is 4.38. The maximum atomic E-state index is 13.0. The standard InChI is InChI=1S/C9H9FO3.C8H7FO3/c1-12-8-3-6(5-11)7(10)4-9(8)13-2;1-12-8-2-5(4-10)6(9)3-7(8)11/h3-5H,1-2H3;2-4,11H,1H3. The van der Waals surface area contributed by atoms with E-state index in [2.05, 4.69) is 4.74 Å². The van der Waals surface area contributed by atoms with Crippen molar-refractivity contribution in [3.05, 3.63) is 47.0 Å². The van der Waals surface area contributed by atoms with Crippen LogP contribution in [0.1, 0.15) is 20.7 Å². The zero-order valence-corrected chi connectivity index (χ0v) is 13.7. The van der Waals surface area contributed by atoms with E-state index in [0.29, 0.717) is 18.3 Å². The number of carbonyl (C=O) groups is 2. The van der Waals surface area contributed by atoms with E-state index in [1.807, 2.05) is 0 Å². The van der Waals surface area contributed by atoms with Crippen molar-refractivity contribution in [1.29, 1.82) is 0 Å². The molecule has 0 amide bonds. The monoisotopic (exact) mass is 354 g/mol. The van der Waals surface area contributed by atoms with Gasteiger partial charge in [-0.3, -0.25) is 9.59 Å². The van der Waals surface area contributed by atoms with E-state index in [4.69, 9.17) is 14.6 Å². The van der Waals surface area contributed by atoms with Crippen molar-refractivity contribution in [2.75, 3.05) is 21.3 Å². The number of methoxy groups -OCH3 is 3. The predicted octanol–water partition coefficient (Wildman–Crippen LogP) is 3.01. The lowest BCUT2D eigenvalue weighted by atomic mass is 10.2. The Morgan fingerprint density at radius 3 is 1.60 bits per heavy atom. The average Bonchev–Trinajstić information content (AvgIpc) is 2.62. The summed E-state index contributed by atoms with van der Waals surface area (Å²) in [7, 11) is 4.14. The fourth-order valence-electron chi connectivity index (χ4n) is 1.77. The molecule has 0 atom stereocenters. The van der Waals surface area contributed by atoms with Gasteiger partial charge in [-0.05, 0) is 12.1 Å². The van der Waals surface area contributed by atoms with Crippen LogP contribution < -0.4 is 14.2 Å². The number of carbonyl (C=O) groups excluding carboxylic acids is 2. The number of benzene rings is 2. The first kappa shape index (κ1) is 19.9. The Balaban J connectivity index is 0.000000251. The summed E-state index contributed by atoms with van der Waals surface area (Å²) < 4.78 is 40.1. The van der Waals surface area contributed by atoms with Crippen molar-refractivity contribution in [3.63, 3.8) is 0 Å². The molecule has 25 heavy (non-hydrogen) atoms. The van der Waals surface area contributed by atoms with Crippen LogP contribution in [0, 0.1) is 11.6 Å². The molecule has 134 valence electrons. The van der Waals surface area contributed by atoms with Gasteiger partial charge in [0.1, 0.15) is 11.6 Å². The Morgan fingerprint density at radius 1 is 0.760 bits per heavy atom. The van der Waals surface area contributed by atoms with Crippen molar-refractivity contribution in [2.45, 2.75) is 0 Å². The second-order valence-electron chi connectivity index (χ2n) is 4.51. The van der Waals surface area contributed by atoms with Crippen LogP contribution in [-0.2, 0) is 0 Å². The molecule has 0 aromatic heterocycles. The molecule has 2 aromatic rings. The summed E-state index contributed by atoms with van der Waals surface area (Å²) in [4.78, 5) is 20.6. The number of phenols is 1. The number of hydrogen-bond donors (Lipinski definition) is 1. The molecule has 0 fully saturated rings. The van der Waals surface area contributed by atoms with Gasteiger partial charge in [0, 0.05) is 12.1 Å². The van der Waals surface area contributed by atoms with Crippen LogP contribution >= 0.6 is 0 Å². The van der Waals surface area contributed by atoms with Crippen molar-refractivity contribution < 1.29 is 37.7 Å². The summed E-state index contributed by atoms with van der Waals surface area (Å²) >= 11 is 0. The number of ether oxygens (including phenoxy) is 3. The van der Waals surface area contributed by atoms with Crippen molar-refractivity contribution in [2.24, 2.45) is 0 Å². The Hall–Kier alpha value is -3.16. The minimum Gasteiger partial charge on any atom is -0.504 e. The highest BCUT2D eigenvalue weighted by Crippen LogP contribution is 2.29. The van der Waals surface area contributed by atoms with E-state index in [1.165, 1.54) is 27.4 Å². The summed E-state index contributed by atoms with van der Waals surface area (Å²) in [5.41, 5.74) is -0.178. The average molecular weight is 354 g/mol. The van der Waals surface area contributed by atoms with E-state index in [9.17, 15) is 18.4 Å². The molecular formula is C17H16F2O6. The van der Waals surface area contributed by atoms with Gasteiger partial charge in [0.05, 0.1) is 32.5 Å². The first-order chi connectivity index (χ1) is 11.9. The minimum atomic E-state index is -0.761. The third kappa shape index (κ3) is 4.90. The Bertz CT molecular complexity index is 761. The summed E-state index contributed by atoms with van der Waals surface area (Å²) in [5, 5.41) is 9.03. The van der Waals surface area contributed by atoms with Gasteiger partial charge in [0.15, 0.2) is 35.6 Å². The molecule has 0 spiro atoms. The second kappa shape index (κ2) is 9.21. The van der Waals surface area contributed by atoms with Gasteiger partial charge in [-0.25, -0.2) is 8.78 Å². The van der Waals surface area contributed by atoms with E-state index < -0.39 is 11.6 Å². The van der Waals surface area contributed by atoms with Gasteiger partial charge in [-0.2, -0.15) is 0 Å². The topological polar surface area (TPSA) is 82.1 Å². The predicted molar refractivity (Wildman–Crippen MR) is 84.9 cm³/mol. The molecule has 0 unspecified atom stereocenters. The lowest BCUT2D eigenvalue weighted by molar-refractivity contribution is 0.111. The van der Waals surface area contributed by atoms with Crippen LogP contribution in [-0.4, -0.2) is 39.0 Å². The Morgan fingerprint density at radius 2 is 1.16 bits per heavy atom. The van der Waals surface area contributed by atoms with Gasteiger partial charge in [-0.1, -0.05) is 0 Å². The highest BCUT2D eigenvalue weighted by atomic mass is 19.1. The molecule has 0 aliphatic carbocycles. The largest absolute Gasteiger partial charge is 0.504 e. The normalized spacial score (nSPS) is 9.48. The lowest BCUT2D eigenvalue weighted by Gasteiger charge is -2.07. The van der Waals surface area contributed by atoms with Crippen LogP contribution in [0.3, 0.4) is 0 Å². The molecule has 0 radical (unpaired) electrons. The van der Waals surface area contributed by atoms with Gasteiger partial charge in [0.2, 0.25) is 0 Å². The molecule has 0 aliphatic rings. The second-order valence-corrected chi connectivity index (χ2v) is 4.51. The van der Waals surface area contributed by atoms with Gasteiger partial charge in [0.25, 0.3) is 0 Å². The third-order valence-corrected chi connectivity index (χ3v) is 3.05. The van der Waals surface area contributed by atoms with Crippen molar-refractivity contribution >= 4 is 12.6 Å². The smallest absolute Gasteiger partial charge is 0.163 e. The molecule has 0 heterocycles. The number of rotatable bonds is 5. The van der Waals surface area contributed by atoms with Gasteiger partial charge < -0.3 is 19.3 Å². The van der Waals surface area contributed by atoms with Gasteiger partial charge >= 0.3 is 0 Å². The molecule has 0 saturated carbocycles. The van der Waals surface area contributed by atoms with Crippen LogP contribution in [0.15, 0.2) is 24.3 Å². The SMILES string of the molecule is COc1cc(C=O)c(F)cc1O.COc1cc(F)c(C=O)cc1OC. The highest BCUT2D eigenvalue weighted by molar-refractivity contribution is 5.77. The third-order valence-electron chi connectivity index (χ3n) is 3.05. The molecule has 2 aromatic carbocycles. The first-order valence-electron chi connectivity index (χ1n) is 6.80. The minimum absolute atomic E-state index is 0.0438. The summed E-state index contributed by atoms with van der Waals surface area (Å²) in [5.74, 6) is -1.01. The maximum absolute atomic E-state index is 13.0. The molecule has 8 heteroatoms. The molecule has 6 nitrogen and oxygen atoms in total. The molecular weight excluding hydrogens is 338 g/mol. The Labute approximate surface area is 142 Å². The van der Waals surface area contributed by atoms with Crippen LogP contribution in [0.2, 0.25) is 0 Å².